The topological polar surface area (TPSA) is 48.5 Å². The Morgan fingerprint density at radius 1 is 0.326 bits per heavy atom. The SMILES string of the molecule is C1=CCCC(n2c3ccc(-c4ccc5c(c4)c4ccc6c(c4n5-c4cccc(-c5nc(-c7ccccc7)nc(-c7ccccc7)n5)c4)C4=C(CC=CC=C4)C64c5ccccc5-c5ccccc54)cc3c3ccc4c(c32)-c2ccccc2C42c3ccccc3-c3ccccc32)=C1. The Hall–Kier alpha value is -12.1. The maximum absolute atomic E-state index is 5.27. The van der Waals surface area contributed by atoms with Gasteiger partial charge in [-0.1, -0.05) is 267 Å². The fraction of sp³-hybridized carbons (Fsp3) is 0.0556. The molecule has 95 heavy (non-hydrogen) atoms. The molecule has 0 saturated carbocycles. The lowest BCUT2D eigenvalue weighted by molar-refractivity contribution is 0.747. The summed E-state index contributed by atoms with van der Waals surface area (Å²) in [4.78, 5) is 15.6. The van der Waals surface area contributed by atoms with Crippen molar-refractivity contribution in [2.24, 2.45) is 0 Å². The van der Waals surface area contributed by atoms with Gasteiger partial charge in [-0.3, -0.25) is 0 Å². The van der Waals surface area contributed by atoms with Crippen LogP contribution in [0.1, 0.15) is 63.8 Å². The number of rotatable bonds is 6. The molecule has 0 unspecified atom stereocenters. The van der Waals surface area contributed by atoms with Crippen LogP contribution in [0.2, 0.25) is 0 Å². The van der Waals surface area contributed by atoms with Crippen LogP contribution in [-0.2, 0) is 10.8 Å². The smallest absolute Gasteiger partial charge is 0.164 e. The van der Waals surface area contributed by atoms with Gasteiger partial charge < -0.3 is 9.13 Å². The second-order valence-corrected chi connectivity index (χ2v) is 26.2. The van der Waals surface area contributed by atoms with Crippen LogP contribution >= 0.6 is 0 Å². The molecule has 0 amide bonds. The lowest BCUT2D eigenvalue weighted by atomic mass is 9.68. The van der Waals surface area contributed by atoms with E-state index in [4.69, 9.17) is 15.0 Å². The Balaban J connectivity index is 0.809. The van der Waals surface area contributed by atoms with Gasteiger partial charge in [0.1, 0.15) is 0 Å². The molecule has 15 aromatic rings. The second-order valence-electron chi connectivity index (χ2n) is 26.2. The maximum Gasteiger partial charge on any atom is 0.164 e. The normalized spacial score (nSPS) is 15.3. The van der Waals surface area contributed by atoms with Crippen molar-refractivity contribution in [2.75, 3.05) is 0 Å². The number of allylic oxidation sites excluding steroid dienone is 10. The number of aromatic nitrogens is 5. The Bertz CT molecular complexity index is 5910. The van der Waals surface area contributed by atoms with E-state index in [9.17, 15) is 0 Å². The third-order valence-corrected chi connectivity index (χ3v) is 21.7. The lowest BCUT2D eigenvalue weighted by Crippen LogP contribution is -2.27. The second kappa shape index (κ2) is 19.7. The Kier molecular flexibility index (Phi) is 10.9. The third kappa shape index (κ3) is 7.03. The van der Waals surface area contributed by atoms with E-state index in [-0.39, 0.29) is 0 Å². The summed E-state index contributed by atoms with van der Waals surface area (Å²) in [6.45, 7) is 0. The van der Waals surface area contributed by atoms with Crippen molar-refractivity contribution < 1.29 is 0 Å². The standard InChI is InChI=1S/C90H57N5/c1-5-24-55(25-6-1)86-91-87(56-26-7-2-8-27-56)93-88(92-86)59-28-23-31-61(52-59)95-81-51-45-58(54-71(81)67-47-49-79-83(85(67)95)68-36-11-4-12-38-76(68)89(79)72-39-18-13-32-62(72)63-33-14-19-40-73(63)89)57-44-50-80-70(53-57)66-46-48-78-82(84(66)94(80)60-29-9-3-10-30-60)69-37-17-22-43-77(69)90(78)74-41-20-15-34-64(74)65-35-16-21-42-75(65)90/h1-9,11-29,31-37,39-54H,10,30,38H2. The molecule has 0 saturated heterocycles. The van der Waals surface area contributed by atoms with E-state index < -0.39 is 10.8 Å². The molecule has 0 aliphatic heterocycles. The molecule has 0 bridgehead atoms. The zero-order valence-electron chi connectivity index (χ0n) is 51.8. The number of fused-ring (bicyclic) bond motifs is 27. The third-order valence-electron chi connectivity index (χ3n) is 21.7. The fourth-order valence-corrected chi connectivity index (χ4v) is 18.0. The van der Waals surface area contributed by atoms with E-state index in [0.29, 0.717) is 17.5 Å². The minimum atomic E-state index is -0.501. The first-order valence-electron chi connectivity index (χ1n) is 33.3. The Labute approximate surface area is 549 Å². The first kappa shape index (κ1) is 52.6. The van der Waals surface area contributed by atoms with Crippen LogP contribution in [0.3, 0.4) is 0 Å². The minimum Gasteiger partial charge on any atom is -0.312 e. The van der Waals surface area contributed by atoms with Gasteiger partial charge in [-0.05, 0) is 151 Å². The van der Waals surface area contributed by atoms with Gasteiger partial charge in [0.15, 0.2) is 17.5 Å². The number of hydrogen-bond acceptors (Lipinski definition) is 3. The van der Waals surface area contributed by atoms with Gasteiger partial charge in [0.25, 0.3) is 0 Å². The number of nitrogens with zero attached hydrogens (tertiary/aromatic N) is 5. The van der Waals surface area contributed by atoms with E-state index in [2.05, 4.69) is 282 Å². The van der Waals surface area contributed by atoms with Gasteiger partial charge in [-0.25, -0.2) is 15.0 Å². The quantitative estimate of drug-likeness (QED) is 0.167. The molecule has 12 aromatic carbocycles. The van der Waals surface area contributed by atoms with Crippen molar-refractivity contribution in [3.63, 3.8) is 0 Å². The molecule has 442 valence electrons. The minimum absolute atomic E-state index is 0.449. The average Bonchev–Trinajstić information content (AvgIpc) is 1.51. The Morgan fingerprint density at radius 3 is 1.38 bits per heavy atom. The van der Waals surface area contributed by atoms with E-state index in [0.717, 1.165) is 47.2 Å². The molecule has 2 spiro atoms. The molecule has 0 fully saturated rings. The lowest BCUT2D eigenvalue weighted by Gasteiger charge is -2.32. The van der Waals surface area contributed by atoms with Gasteiger partial charge in [0.2, 0.25) is 0 Å². The molecular formula is C90H57N5. The fourth-order valence-electron chi connectivity index (χ4n) is 18.0. The summed E-state index contributed by atoms with van der Waals surface area (Å²) in [7, 11) is 0. The molecule has 6 aliphatic rings. The first-order valence-corrected chi connectivity index (χ1v) is 33.3. The van der Waals surface area contributed by atoms with Crippen molar-refractivity contribution in [1.82, 2.24) is 24.1 Å². The van der Waals surface area contributed by atoms with Crippen LogP contribution in [0, 0.1) is 0 Å². The van der Waals surface area contributed by atoms with Gasteiger partial charge >= 0.3 is 0 Å². The Morgan fingerprint density at radius 2 is 0.811 bits per heavy atom. The summed E-state index contributed by atoms with van der Waals surface area (Å²) in [6, 6.07) is 99.6. The summed E-state index contributed by atoms with van der Waals surface area (Å²) in [6.07, 6.45) is 18.9. The summed E-state index contributed by atoms with van der Waals surface area (Å²) >= 11 is 0. The summed E-state index contributed by atoms with van der Waals surface area (Å²) < 4.78 is 5.17. The first-order chi connectivity index (χ1) is 47.1. The molecule has 5 heteroatoms. The van der Waals surface area contributed by atoms with E-state index in [1.54, 1.807) is 0 Å². The molecule has 6 aliphatic carbocycles. The molecule has 3 heterocycles. The van der Waals surface area contributed by atoms with Gasteiger partial charge in [-0.15, -0.1) is 0 Å². The van der Waals surface area contributed by atoms with Crippen LogP contribution in [0.25, 0.3) is 139 Å². The van der Waals surface area contributed by atoms with Crippen molar-refractivity contribution >= 4 is 54.9 Å². The number of hydrogen-bond donors (Lipinski definition) is 0. The summed E-state index contributed by atoms with van der Waals surface area (Å²) in [5.74, 6) is 1.88. The average molecular weight is 1210 g/mol. The number of benzene rings is 12. The van der Waals surface area contributed by atoms with E-state index in [1.165, 1.54) is 144 Å². The maximum atomic E-state index is 5.27. The highest BCUT2D eigenvalue weighted by Crippen LogP contribution is 2.66. The van der Waals surface area contributed by atoms with E-state index >= 15 is 0 Å². The van der Waals surface area contributed by atoms with Gasteiger partial charge in [0, 0.05) is 60.7 Å². The highest BCUT2D eigenvalue weighted by Gasteiger charge is 2.54. The molecule has 5 nitrogen and oxygen atoms in total. The zero-order valence-corrected chi connectivity index (χ0v) is 51.8. The largest absolute Gasteiger partial charge is 0.312 e. The van der Waals surface area contributed by atoms with Crippen molar-refractivity contribution in [3.05, 3.63) is 360 Å². The van der Waals surface area contributed by atoms with Crippen molar-refractivity contribution in [1.29, 1.82) is 0 Å². The van der Waals surface area contributed by atoms with Crippen LogP contribution in [-0.4, -0.2) is 24.1 Å². The van der Waals surface area contributed by atoms with Gasteiger partial charge in [0.05, 0.1) is 32.9 Å². The van der Waals surface area contributed by atoms with Crippen LogP contribution in [0.15, 0.2) is 315 Å². The van der Waals surface area contributed by atoms with Gasteiger partial charge in [-0.2, -0.15) is 0 Å². The molecule has 0 radical (unpaired) electrons. The van der Waals surface area contributed by atoms with Crippen LogP contribution in [0.4, 0.5) is 0 Å². The molecule has 21 rings (SSSR count). The summed E-state index contributed by atoms with van der Waals surface area (Å²) in [5, 5.41) is 4.90. The highest BCUT2D eigenvalue weighted by molar-refractivity contribution is 6.20. The predicted molar refractivity (Wildman–Crippen MR) is 389 cm³/mol. The predicted octanol–water partition coefficient (Wildman–Crippen LogP) is 21.9. The molecule has 0 atom stereocenters. The summed E-state index contributed by atoms with van der Waals surface area (Å²) in [5.41, 5.74) is 32.6. The van der Waals surface area contributed by atoms with Crippen molar-refractivity contribution in [3.8, 4) is 84.4 Å². The van der Waals surface area contributed by atoms with E-state index in [1.807, 2.05) is 36.4 Å². The zero-order chi connectivity index (χ0) is 62.1. The molecule has 3 aromatic heterocycles. The van der Waals surface area contributed by atoms with Crippen LogP contribution in [0.5, 0.6) is 0 Å². The van der Waals surface area contributed by atoms with Crippen LogP contribution < -0.4 is 0 Å². The molecular weight excluding hydrogens is 1150 g/mol. The monoisotopic (exact) mass is 1210 g/mol. The molecule has 0 N–H and O–H groups in total. The van der Waals surface area contributed by atoms with Crippen molar-refractivity contribution in [2.45, 2.75) is 30.1 Å². The highest BCUT2D eigenvalue weighted by atomic mass is 15.0.